The Labute approximate surface area is 142 Å². The fourth-order valence-electron chi connectivity index (χ4n) is 2.60. The monoisotopic (exact) mass is 361 g/mol. The van der Waals surface area contributed by atoms with Crippen LogP contribution in [0.3, 0.4) is 0 Å². The van der Waals surface area contributed by atoms with Crippen molar-refractivity contribution in [3.05, 3.63) is 91.0 Å². The van der Waals surface area contributed by atoms with Gasteiger partial charge in [0.2, 0.25) is 0 Å². The Balaban J connectivity index is 1.91. The van der Waals surface area contributed by atoms with Crippen LogP contribution < -0.4 is 0 Å². The first-order valence-electron chi connectivity index (χ1n) is 7.59. The van der Waals surface area contributed by atoms with Crippen LogP contribution in [0.2, 0.25) is 0 Å². The molecule has 3 aromatic carbocycles. The molecule has 4 rings (SSSR count). The summed E-state index contributed by atoms with van der Waals surface area (Å²) in [4.78, 5) is 5.01. The maximum atomic E-state index is 5.01. The van der Waals surface area contributed by atoms with Gasteiger partial charge < -0.3 is 0 Å². The molecule has 0 unspecified atom stereocenters. The van der Waals surface area contributed by atoms with Gasteiger partial charge in [0.05, 0.1) is 0 Å². The molecule has 110 valence electrons. The summed E-state index contributed by atoms with van der Waals surface area (Å²) in [5.41, 5.74) is 4.82. The van der Waals surface area contributed by atoms with Gasteiger partial charge >= 0.3 is 142 Å². The van der Waals surface area contributed by atoms with E-state index in [-0.39, 0.29) is 14.5 Å². The standard InChI is InChI=1S/C21H15NSe/c1-4-10-16(11-5-1)19-20(17-12-6-2-7-13-17)23-21(22-19)18-14-8-3-9-15-18/h1-15H. The van der Waals surface area contributed by atoms with E-state index in [0.717, 1.165) is 5.69 Å². The molecule has 0 saturated heterocycles. The SMILES string of the molecule is c1ccc(-c2nc(-c3ccccc3)c(-c3ccccc3)[se]2)cc1. The number of benzene rings is 3. The van der Waals surface area contributed by atoms with Crippen LogP contribution in [0.25, 0.3) is 31.4 Å². The van der Waals surface area contributed by atoms with E-state index >= 15 is 0 Å². The van der Waals surface area contributed by atoms with Crippen LogP contribution in [-0.4, -0.2) is 19.5 Å². The van der Waals surface area contributed by atoms with Crippen molar-refractivity contribution in [3.8, 4) is 31.4 Å². The first-order chi connectivity index (χ1) is 11.4. The summed E-state index contributed by atoms with van der Waals surface area (Å²) < 4.78 is 2.57. The Kier molecular flexibility index (Phi) is 3.93. The molecule has 23 heavy (non-hydrogen) atoms. The number of nitrogens with zero attached hydrogens (tertiary/aromatic N) is 1. The molecule has 0 atom stereocenters. The molecule has 4 aromatic rings. The number of rotatable bonds is 3. The molecule has 0 aliphatic carbocycles. The molecule has 0 fully saturated rings. The van der Waals surface area contributed by atoms with Gasteiger partial charge in [-0.15, -0.1) is 0 Å². The fraction of sp³-hybridized carbons (Fsp3) is 0. The van der Waals surface area contributed by atoms with E-state index in [9.17, 15) is 0 Å². The Bertz CT molecular complexity index is 840. The summed E-state index contributed by atoms with van der Waals surface area (Å²) in [6, 6.07) is 31.6. The summed E-state index contributed by atoms with van der Waals surface area (Å²) in [5, 5.41) is 0. The van der Waals surface area contributed by atoms with Crippen LogP contribution >= 0.6 is 0 Å². The summed E-state index contributed by atoms with van der Waals surface area (Å²) in [6.07, 6.45) is 0. The summed E-state index contributed by atoms with van der Waals surface area (Å²) in [7, 11) is 0. The van der Waals surface area contributed by atoms with E-state index in [2.05, 4.69) is 84.9 Å². The Hall–Kier alpha value is -2.41. The van der Waals surface area contributed by atoms with Crippen molar-refractivity contribution in [3.63, 3.8) is 0 Å². The van der Waals surface area contributed by atoms with Gasteiger partial charge in [-0.3, -0.25) is 0 Å². The third-order valence-electron chi connectivity index (χ3n) is 3.73. The average molecular weight is 360 g/mol. The van der Waals surface area contributed by atoms with Crippen molar-refractivity contribution in [2.45, 2.75) is 0 Å². The van der Waals surface area contributed by atoms with Crippen molar-refractivity contribution in [2.75, 3.05) is 0 Å². The Morgan fingerprint density at radius 2 is 1.00 bits per heavy atom. The Morgan fingerprint density at radius 1 is 0.522 bits per heavy atom. The number of aromatic nitrogens is 1. The van der Waals surface area contributed by atoms with Gasteiger partial charge in [0.15, 0.2) is 0 Å². The van der Waals surface area contributed by atoms with Crippen LogP contribution in [-0.2, 0) is 0 Å². The minimum atomic E-state index is 0.216. The van der Waals surface area contributed by atoms with E-state index in [1.165, 1.54) is 25.7 Å². The van der Waals surface area contributed by atoms with Crippen LogP contribution in [0, 0.1) is 0 Å². The van der Waals surface area contributed by atoms with Crippen molar-refractivity contribution in [1.29, 1.82) is 0 Å². The van der Waals surface area contributed by atoms with Crippen LogP contribution in [0.15, 0.2) is 91.0 Å². The molecule has 1 heterocycles. The molecular formula is C21H15NSe. The molecule has 1 aromatic heterocycles. The third-order valence-corrected chi connectivity index (χ3v) is 6.15. The first-order valence-corrected chi connectivity index (χ1v) is 9.30. The van der Waals surface area contributed by atoms with Crippen LogP contribution in [0.1, 0.15) is 0 Å². The molecule has 0 radical (unpaired) electrons. The summed E-state index contributed by atoms with van der Waals surface area (Å²) in [5.74, 6) is 0. The van der Waals surface area contributed by atoms with Crippen LogP contribution in [0.5, 0.6) is 0 Å². The quantitative estimate of drug-likeness (QED) is 0.461. The van der Waals surface area contributed by atoms with Gasteiger partial charge in [0.1, 0.15) is 0 Å². The zero-order valence-electron chi connectivity index (χ0n) is 12.5. The van der Waals surface area contributed by atoms with Gasteiger partial charge in [0.25, 0.3) is 0 Å². The normalized spacial score (nSPS) is 10.6. The van der Waals surface area contributed by atoms with Crippen molar-refractivity contribution >= 4 is 14.5 Å². The second-order valence-electron chi connectivity index (χ2n) is 5.29. The van der Waals surface area contributed by atoms with E-state index in [0.29, 0.717) is 0 Å². The molecule has 0 aliphatic heterocycles. The molecule has 2 heteroatoms. The van der Waals surface area contributed by atoms with E-state index in [1.807, 2.05) is 6.07 Å². The van der Waals surface area contributed by atoms with Crippen molar-refractivity contribution < 1.29 is 0 Å². The molecule has 1 nitrogen and oxygen atoms in total. The molecular weight excluding hydrogens is 345 g/mol. The second-order valence-corrected chi connectivity index (χ2v) is 7.39. The van der Waals surface area contributed by atoms with Gasteiger partial charge in [0, 0.05) is 0 Å². The van der Waals surface area contributed by atoms with Gasteiger partial charge in [-0.2, -0.15) is 0 Å². The van der Waals surface area contributed by atoms with Crippen molar-refractivity contribution in [2.24, 2.45) is 0 Å². The second kappa shape index (κ2) is 6.37. The van der Waals surface area contributed by atoms with Gasteiger partial charge in [-0.25, -0.2) is 0 Å². The molecule has 0 aliphatic rings. The van der Waals surface area contributed by atoms with E-state index in [1.54, 1.807) is 0 Å². The topological polar surface area (TPSA) is 12.9 Å². The predicted octanol–water partition coefficient (Wildman–Crippen LogP) is 5.14. The summed E-state index contributed by atoms with van der Waals surface area (Å²) >= 11 is 0.216. The number of hydrogen-bond acceptors (Lipinski definition) is 1. The molecule has 0 saturated carbocycles. The number of hydrogen-bond donors (Lipinski definition) is 0. The molecule has 0 amide bonds. The zero-order valence-corrected chi connectivity index (χ0v) is 14.2. The predicted molar refractivity (Wildman–Crippen MR) is 97.5 cm³/mol. The van der Waals surface area contributed by atoms with E-state index in [4.69, 9.17) is 4.98 Å². The summed E-state index contributed by atoms with van der Waals surface area (Å²) in [6.45, 7) is 0. The zero-order chi connectivity index (χ0) is 15.5. The van der Waals surface area contributed by atoms with Crippen LogP contribution in [0.4, 0.5) is 0 Å². The first kappa shape index (κ1) is 14.2. The third kappa shape index (κ3) is 2.92. The fourth-order valence-corrected chi connectivity index (χ4v) is 4.91. The maximum absolute atomic E-state index is 5.01. The molecule has 0 spiro atoms. The average Bonchev–Trinajstić information content (AvgIpc) is 3.09. The van der Waals surface area contributed by atoms with Gasteiger partial charge in [-0.1, -0.05) is 0 Å². The van der Waals surface area contributed by atoms with Gasteiger partial charge in [-0.05, 0) is 0 Å². The Morgan fingerprint density at radius 3 is 1.57 bits per heavy atom. The molecule has 0 bridgehead atoms. The minimum absolute atomic E-state index is 0.216. The molecule has 0 N–H and O–H groups in total. The van der Waals surface area contributed by atoms with E-state index < -0.39 is 0 Å². The van der Waals surface area contributed by atoms with Crippen molar-refractivity contribution in [1.82, 2.24) is 4.98 Å².